The molecule has 3 N–H and O–H groups in total. The first-order valence-corrected chi connectivity index (χ1v) is 12.8. The summed E-state index contributed by atoms with van der Waals surface area (Å²) in [7, 11) is -1.21. The van der Waals surface area contributed by atoms with Gasteiger partial charge in [-0.2, -0.15) is 0 Å². The van der Waals surface area contributed by atoms with Crippen LogP contribution in [0.25, 0.3) is 16.6 Å². The minimum Gasteiger partial charge on any atom is -0.393 e. The van der Waals surface area contributed by atoms with E-state index >= 15 is 0 Å². The van der Waals surface area contributed by atoms with Gasteiger partial charge in [-0.25, -0.2) is 23.5 Å². The zero-order valence-corrected chi connectivity index (χ0v) is 19.4. The maximum absolute atomic E-state index is 12.0. The van der Waals surface area contributed by atoms with Crippen LogP contribution in [-0.2, 0) is 14.5 Å². The first-order valence-electron chi connectivity index (χ1n) is 10.8. The van der Waals surface area contributed by atoms with E-state index in [9.17, 15) is 9.32 Å². The maximum Gasteiger partial charge on any atom is 0.241 e. The van der Waals surface area contributed by atoms with E-state index in [1.807, 2.05) is 17.5 Å². The lowest BCUT2D eigenvalue weighted by Gasteiger charge is -2.25. The van der Waals surface area contributed by atoms with Crippen LogP contribution in [0.1, 0.15) is 44.2 Å². The molecule has 1 saturated carbocycles. The molecule has 0 bridgehead atoms. The van der Waals surface area contributed by atoms with E-state index in [4.69, 9.17) is 14.6 Å². The molecule has 0 amide bonds. The summed E-state index contributed by atoms with van der Waals surface area (Å²) in [6.45, 7) is 2.55. The van der Waals surface area contributed by atoms with Crippen LogP contribution in [0.5, 0.6) is 0 Å². The van der Waals surface area contributed by atoms with E-state index in [0.717, 1.165) is 48.0 Å². The minimum absolute atomic E-state index is 0.0614. The quantitative estimate of drug-likeness (QED) is 0.496. The fourth-order valence-corrected chi connectivity index (χ4v) is 4.84. The van der Waals surface area contributed by atoms with E-state index < -0.39 is 9.73 Å². The summed E-state index contributed by atoms with van der Waals surface area (Å²) in [5.41, 5.74) is 3.73. The second-order valence-corrected chi connectivity index (χ2v) is 10.7. The lowest BCUT2D eigenvalue weighted by Crippen LogP contribution is -2.23. The van der Waals surface area contributed by atoms with Crippen molar-refractivity contribution in [2.45, 2.75) is 55.7 Å². The number of rotatable bonds is 7. The van der Waals surface area contributed by atoms with Crippen molar-refractivity contribution in [1.82, 2.24) is 19.6 Å². The molecule has 3 aromatic rings. The summed E-state index contributed by atoms with van der Waals surface area (Å²) >= 11 is 0. The van der Waals surface area contributed by atoms with E-state index in [2.05, 4.69) is 21.4 Å². The lowest BCUT2D eigenvalue weighted by molar-refractivity contribution is 0.121. The number of ether oxygens (including phenoxy) is 1. The highest BCUT2D eigenvalue weighted by Gasteiger charge is 2.25. The van der Waals surface area contributed by atoms with E-state index in [0.29, 0.717) is 12.6 Å². The third kappa shape index (κ3) is 4.77. The highest BCUT2D eigenvalue weighted by atomic mass is 32.2. The number of aromatic nitrogens is 4. The Kier molecular flexibility index (Phi) is 6.45. The average Bonchev–Trinajstić information content (AvgIpc) is 3.13. The lowest BCUT2D eigenvalue weighted by atomic mass is 9.85. The van der Waals surface area contributed by atoms with Crippen LogP contribution in [0.2, 0.25) is 0 Å². The molecule has 3 aromatic heterocycles. The van der Waals surface area contributed by atoms with Gasteiger partial charge >= 0.3 is 0 Å². The zero-order chi connectivity index (χ0) is 22.9. The van der Waals surface area contributed by atoms with Crippen LogP contribution in [-0.4, -0.2) is 61.0 Å². The van der Waals surface area contributed by atoms with Crippen molar-refractivity contribution < 1.29 is 14.1 Å². The smallest absolute Gasteiger partial charge is 0.241 e. The van der Waals surface area contributed by atoms with Crippen LogP contribution >= 0.6 is 0 Å². The van der Waals surface area contributed by atoms with Crippen molar-refractivity contribution in [3.05, 3.63) is 36.3 Å². The largest absolute Gasteiger partial charge is 0.393 e. The second-order valence-electron chi connectivity index (χ2n) is 8.60. The number of fused-ring (bicyclic) bond motifs is 1. The second kappa shape index (κ2) is 9.13. The Bertz CT molecular complexity index is 1180. The Hall–Kier alpha value is -2.56. The van der Waals surface area contributed by atoms with E-state index in [1.165, 1.54) is 6.26 Å². The van der Waals surface area contributed by atoms with Gasteiger partial charge in [0.1, 0.15) is 5.03 Å². The highest BCUT2D eigenvalue weighted by molar-refractivity contribution is 7.91. The summed E-state index contributed by atoms with van der Waals surface area (Å²) in [6, 6.07) is 5.67. The molecule has 0 aliphatic heterocycles. The van der Waals surface area contributed by atoms with Gasteiger partial charge in [-0.3, -0.25) is 0 Å². The van der Waals surface area contributed by atoms with Crippen LogP contribution < -0.4 is 5.32 Å². The first-order chi connectivity index (χ1) is 15.3. The molecule has 3 heterocycles. The first kappa shape index (κ1) is 22.6. The standard InChI is InChI=1S/C22H30N6O3S/c1-14(13-31-2)26-22-25-12-20-18(16-6-9-21(24-11-16)32(3,23)30)10-19(28(20)27-22)15-4-7-17(29)8-5-15/h6,9-12,14-15,17,23,29H,4-5,7-8,13H2,1-3H3,(H,26,27)/t14-,15?,17?,32?/m0/s1. The number of nitrogens with zero attached hydrogens (tertiary/aromatic N) is 4. The predicted octanol–water partition coefficient (Wildman–Crippen LogP) is 3.29. The molecule has 0 radical (unpaired) electrons. The highest BCUT2D eigenvalue weighted by Crippen LogP contribution is 2.37. The van der Waals surface area contributed by atoms with Crippen molar-refractivity contribution in [3.8, 4) is 11.1 Å². The minimum atomic E-state index is -2.87. The van der Waals surface area contributed by atoms with E-state index in [-0.39, 0.29) is 23.1 Å². The average molecular weight is 459 g/mol. The van der Waals surface area contributed by atoms with Gasteiger partial charge in [-0.15, -0.1) is 5.10 Å². The van der Waals surface area contributed by atoms with Gasteiger partial charge in [0.15, 0.2) is 0 Å². The van der Waals surface area contributed by atoms with E-state index in [1.54, 1.807) is 25.6 Å². The molecule has 0 saturated heterocycles. The fraction of sp³-hybridized carbons (Fsp3) is 0.500. The number of methoxy groups -OCH3 is 1. The predicted molar refractivity (Wildman–Crippen MR) is 123 cm³/mol. The van der Waals surface area contributed by atoms with Gasteiger partial charge < -0.3 is 15.2 Å². The van der Waals surface area contributed by atoms with Crippen molar-refractivity contribution in [3.63, 3.8) is 0 Å². The number of aliphatic hydroxyl groups excluding tert-OH is 1. The van der Waals surface area contributed by atoms with Gasteiger partial charge in [0.05, 0.1) is 34.2 Å². The summed E-state index contributed by atoms with van der Waals surface area (Å²) in [6.07, 6.45) is 7.93. The number of pyridine rings is 1. The molecule has 1 aliphatic carbocycles. The van der Waals surface area contributed by atoms with Crippen molar-refractivity contribution in [1.29, 1.82) is 4.78 Å². The van der Waals surface area contributed by atoms with Crippen LogP contribution in [0.4, 0.5) is 5.95 Å². The topological polar surface area (TPSA) is 125 Å². The molecule has 1 fully saturated rings. The molecule has 0 aromatic carbocycles. The Morgan fingerprint density at radius 3 is 2.66 bits per heavy atom. The van der Waals surface area contributed by atoms with Crippen LogP contribution in [0.15, 0.2) is 35.6 Å². The molecule has 10 heteroatoms. The normalized spacial score (nSPS) is 21.9. The molecular formula is C22H30N6O3S. The fourth-order valence-electron chi connectivity index (χ4n) is 4.26. The molecule has 4 rings (SSSR count). The molecule has 9 nitrogen and oxygen atoms in total. The van der Waals surface area contributed by atoms with Crippen LogP contribution in [0.3, 0.4) is 0 Å². The Labute approximate surface area is 188 Å². The van der Waals surface area contributed by atoms with Gasteiger partial charge in [-0.1, -0.05) is 0 Å². The molecule has 1 unspecified atom stereocenters. The third-order valence-corrected chi connectivity index (χ3v) is 6.94. The number of aliphatic hydroxyl groups is 1. The van der Waals surface area contributed by atoms with Crippen LogP contribution in [0, 0.1) is 4.78 Å². The summed E-state index contributed by atoms with van der Waals surface area (Å²) < 4.78 is 26.9. The van der Waals surface area contributed by atoms with Crippen molar-refractivity contribution >= 4 is 21.2 Å². The molecule has 2 atom stereocenters. The molecule has 172 valence electrons. The Morgan fingerprint density at radius 1 is 1.28 bits per heavy atom. The van der Waals surface area contributed by atoms with Crippen molar-refractivity contribution in [2.24, 2.45) is 0 Å². The number of nitrogens with one attached hydrogen (secondary N) is 2. The Morgan fingerprint density at radius 2 is 2.03 bits per heavy atom. The summed E-state index contributed by atoms with van der Waals surface area (Å²) in [5.74, 6) is 0.809. The number of hydrogen-bond acceptors (Lipinski definition) is 8. The summed E-state index contributed by atoms with van der Waals surface area (Å²) in [5, 5.41) is 18.3. The number of hydrogen-bond donors (Lipinski definition) is 3. The molecular weight excluding hydrogens is 428 g/mol. The zero-order valence-electron chi connectivity index (χ0n) is 18.6. The molecule has 1 aliphatic rings. The van der Waals surface area contributed by atoms with Gasteiger partial charge in [0.25, 0.3) is 0 Å². The van der Waals surface area contributed by atoms with Crippen molar-refractivity contribution in [2.75, 3.05) is 25.3 Å². The summed E-state index contributed by atoms with van der Waals surface area (Å²) in [4.78, 5) is 8.78. The Balaban J connectivity index is 1.77. The van der Waals surface area contributed by atoms with Gasteiger partial charge in [-0.05, 0) is 50.8 Å². The maximum atomic E-state index is 12.0. The monoisotopic (exact) mass is 458 g/mol. The molecule has 32 heavy (non-hydrogen) atoms. The SMILES string of the molecule is COC[C@H](C)Nc1ncc2c(-c3ccc(S(C)(=N)=O)nc3)cc(C3CCC(O)CC3)n2n1. The third-order valence-electron chi connectivity index (χ3n) is 5.90. The van der Waals surface area contributed by atoms with Gasteiger partial charge in [0.2, 0.25) is 5.95 Å². The number of anilines is 1. The molecule has 0 spiro atoms. The van der Waals surface area contributed by atoms with Gasteiger partial charge in [0, 0.05) is 48.3 Å².